The van der Waals surface area contributed by atoms with Gasteiger partial charge in [0, 0.05) is 25.6 Å². The normalized spacial score (nSPS) is 15.2. The number of furan rings is 1. The van der Waals surface area contributed by atoms with Crippen molar-refractivity contribution >= 4 is 11.9 Å². The molecule has 1 aromatic heterocycles. The highest BCUT2D eigenvalue weighted by Gasteiger charge is 2.27. The standard InChI is InChI=1S/C20H22FNO4/c1-2-17-16(20(24)25)12-18(26-17)19(23)22-8-6-13(7-9-22)10-14-4-3-5-15(21)11-14/h3-5,11-13H,2,6-10H2,1H3,(H,24,25). The Morgan fingerprint density at radius 3 is 2.58 bits per heavy atom. The van der Waals surface area contributed by atoms with Crippen LogP contribution in [-0.4, -0.2) is 35.0 Å². The van der Waals surface area contributed by atoms with Crippen LogP contribution >= 0.6 is 0 Å². The number of likely N-dealkylation sites (tertiary alicyclic amines) is 1. The lowest BCUT2D eigenvalue weighted by Crippen LogP contribution is -2.38. The number of carbonyl (C=O) groups excluding carboxylic acids is 1. The van der Waals surface area contributed by atoms with Crippen LogP contribution in [0.15, 0.2) is 34.7 Å². The van der Waals surface area contributed by atoms with E-state index < -0.39 is 5.97 Å². The molecule has 2 heterocycles. The minimum absolute atomic E-state index is 0.0526. The van der Waals surface area contributed by atoms with E-state index in [1.807, 2.05) is 6.07 Å². The monoisotopic (exact) mass is 359 g/mol. The molecule has 0 saturated carbocycles. The Balaban J connectivity index is 1.61. The first-order valence-electron chi connectivity index (χ1n) is 8.87. The van der Waals surface area contributed by atoms with Crippen molar-refractivity contribution in [2.45, 2.75) is 32.6 Å². The van der Waals surface area contributed by atoms with Gasteiger partial charge < -0.3 is 14.4 Å². The average molecular weight is 359 g/mol. The Labute approximate surface area is 151 Å². The fourth-order valence-corrected chi connectivity index (χ4v) is 3.47. The molecule has 0 unspecified atom stereocenters. The van der Waals surface area contributed by atoms with Gasteiger partial charge in [-0.2, -0.15) is 0 Å². The maximum Gasteiger partial charge on any atom is 0.339 e. The summed E-state index contributed by atoms with van der Waals surface area (Å²) in [6.45, 7) is 2.96. The summed E-state index contributed by atoms with van der Waals surface area (Å²) >= 11 is 0. The molecule has 3 rings (SSSR count). The van der Waals surface area contributed by atoms with Gasteiger partial charge in [-0.1, -0.05) is 19.1 Å². The molecule has 1 aliphatic rings. The number of halogens is 1. The first-order chi connectivity index (χ1) is 12.5. The van der Waals surface area contributed by atoms with Crippen LogP contribution in [0.4, 0.5) is 4.39 Å². The summed E-state index contributed by atoms with van der Waals surface area (Å²) in [7, 11) is 0. The number of carboxylic acids is 1. The van der Waals surface area contributed by atoms with Gasteiger partial charge in [-0.25, -0.2) is 9.18 Å². The summed E-state index contributed by atoms with van der Waals surface area (Å²) in [5.41, 5.74) is 1.02. The number of nitrogens with zero attached hydrogens (tertiary/aromatic N) is 1. The number of amides is 1. The van der Waals surface area contributed by atoms with Gasteiger partial charge >= 0.3 is 5.97 Å². The molecule has 5 nitrogen and oxygen atoms in total. The summed E-state index contributed by atoms with van der Waals surface area (Å²) in [5, 5.41) is 9.19. The van der Waals surface area contributed by atoms with Crippen LogP contribution < -0.4 is 0 Å². The molecule has 1 N–H and O–H groups in total. The van der Waals surface area contributed by atoms with Gasteiger partial charge in [0.25, 0.3) is 5.91 Å². The number of carboxylic acid groups (broad SMARTS) is 1. The number of aryl methyl sites for hydroxylation is 1. The molecule has 0 bridgehead atoms. The van der Waals surface area contributed by atoms with Gasteiger partial charge in [0.15, 0.2) is 5.76 Å². The third kappa shape index (κ3) is 3.95. The van der Waals surface area contributed by atoms with Gasteiger partial charge in [0.05, 0.1) is 0 Å². The molecule has 0 spiro atoms. The van der Waals surface area contributed by atoms with E-state index in [1.54, 1.807) is 24.0 Å². The molecule has 0 aliphatic carbocycles. The summed E-state index contributed by atoms with van der Waals surface area (Å²) in [6, 6.07) is 7.95. The number of hydrogen-bond donors (Lipinski definition) is 1. The lowest BCUT2D eigenvalue weighted by Gasteiger charge is -2.31. The first kappa shape index (κ1) is 18.2. The number of rotatable bonds is 5. The summed E-state index contributed by atoms with van der Waals surface area (Å²) in [4.78, 5) is 25.5. The molecule has 138 valence electrons. The van der Waals surface area contributed by atoms with Crippen molar-refractivity contribution in [2.75, 3.05) is 13.1 Å². The second-order valence-electron chi connectivity index (χ2n) is 6.68. The highest BCUT2D eigenvalue weighted by atomic mass is 19.1. The van der Waals surface area contributed by atoms with E-state index in [2.05, 4.69) is 0 Å². The van der Waals surface area contributed by atoms with E-state index in [0.29, 0.717) is 31.2 Å². The van der Waals surface area contributed by atoms with Crippen LogP contribution in [0.1, 0.15) is 52.0 Å². The maximum absolute atomic E-state index is 13.3. The molecule has 1 saturated heterocycles. The molecular formula is C20H22FNO4. The van der Waals surface area contributed by atoms with Crippen molar-refractivity contribution in [1.82, 2.24) is 4.90 Å². The lowest BCUT2D eigenvalue weighted by atomic mass is 9.90. The summed E-state index contributed by atoms with van der Waals surface area (Å²) in [5.74, 6) is -0.772. The zero-order chi connectivity index (χ0) is 18.7. The third-order valence-electron chi connectivity index (χ3n) is 4.89. The van der Waals surface area contributed by atoms with Gasteiger partial charge in [-0.05, 0) is 42.9 Å². The van der Waals surface area contributed by atoms with E-state index in [9.17, 15) is 19.1 Å². The summed E-state index contributed by atoms with van der Waals surface area (Å²) < 4.78 is 18.8. The maximum atomic E-state index is 13.3. The SMILES string of the molecule is CCc1oc(C(=O)N2CCC(Cc3cccc(F)c3)CC2)cc1C(=O)O. The van der Waals surface area contributed by atoms with Crippen molar-refractivity contribution in [1.29, 1.82) is 0 Å². The van der Waals surface area contributed by atoms with Crippen LogP contribution in [-0.2, 0) is 12.8 Å². The molecule has 6 heteroatoms. The highest BCUT2D eigenvalue weighted by molar-refractivity contribution is 5.96. The van der Waals surface area contributed by atoms with Crippen molar-refractivity contribution in [3.05, 3.63) is 58.8 Å². The molecule has 1 aromatic carbocycles. The van der Waals surface area contributed by atoms with Crippen LogP contribution in [0.3, 0.4) is 0 Å². The minimum atomic E-state index is -1.08. The Morgan fingerprint density at radius 2 is 2.00 bits per heavy atom. The van der Waals surface area contributed by atoms with E-state index in [0.717, 1.165) is 24.8 Å². The van der Waals surface area contributed by atoms with Crippen LogP contribution in [0.2, 0.25) is 0 Å². The Hall–Kier alpha value is -2.63. The topological polar surface area (TPSA) is 70.8 Å². The highest BCUT2D eigenvalue weighted by Crippen LogP contribution is 2.25. The molecule has 1 fully saturated rings. The number of benzene rings is 1. The fourth-order valence-electron chi connectivity index (χ4n) is 3.47. The summed E-state index contributed by atoms with van der Waals surface area (Å²) in [6.07, 6.45) is 2.87. The first-order valence-corrected chi connectivity index (χ1v) is 8.87. The predicted octanol–water partition coefficient (Wildman–Crippen LogP) is 3.77. The number of hydrogen-bond acceptors (Lipinski definition) is 3. The fraction of sp³-hybridized carbons (Fsp3) is 0.400. The van der Waals surface area contributed by atoms with Crippen molar-refractivity contribution < 1.29 is 23.5 Å². The van der Waals surface area contributed by atoms with Crippen molar-refractivity contribution in [3.8, 4) is 0 Å². The van der Waals surface area contributed by atoms with Crippen LogP contribution in [0.5, 0.6) is 0 Å². The Kier molecular flexibility index (Phi) is 5.40. The van der Waals surface area contributed by atoms with Gasteiger partial charge in [0.1, 0.15) is 17.1 Å². The largest absolute Gasteiger partial charge is 0.478 e. The molecule has 2 aromatic rings. The Morgan fingerprint density at radius 1 is 1.27 bits per heavy atom. The second kappa shape index (κ2) is 7.72. The van der Waals surface area contributed by atoms with E-state index in [-0.39, 0.29) is 23.0 Å². The van der Waals surface area contributed by atoms with Crippen molar-refractivity contribution in [3.63, 3.8) is 0 Å². The van der Waals surface area contributed by atoms with Gasteiger partial charge in [-0.15, -0.1) is 0 Å². The van der Waals surface area contributed by atoms with E-state index in [4.69, 9.17) is 4.42 Å². The average Bonchev–Trinajstić information content (AvgIpc) is 3.06. The molecule has 1 aliphatic heterocycles. The predicted molar refractivity (Wildman–Crippen MR) is 93.8 cm³/mol. The third-order valence-corrected chi connectivity index (χ3v) is 4.89. The van der Waals surface area contributed by atoms with Crippen LogP contribution in [0.25, 0.3) is 0 Å². The quantitative estimate of drug-likeness (QED) is 0.882. The van der Waals surface area contributed by atoms with E-state index >= 15 is 0 Å². The second-order valence-corrected chi connectivity index (χ2v) is 6.68. The molecule has 0 atom stereocenters. The molecule has 0 radical (unpaired) electrons. The van der Waals surface area contributed by atoms with Crippen LogP contribution in [0, 0.1) is 11.7 Å². The zero-order valence-electron chi connectivity index (χ0n) is 14.7. The number of carbonyl (C=O) groups is 2. The molecule has 1 amide bonds. The number of piperidine rings is 1. The van der Waals surface area contributed by atoms with E-state index in [1.165, 1.54) is 12.1 Å². The van der Waals surface area contributed by atoms with Gasteiger partial charge in [-0.3, -0.25) is 4.79 Å². The number of aromatic carboxylic acids is 1. The molecule has 26 heavy (non-hydrogen) atoms. The zero-order valence-corrected chi connectivity index (χ0v) is 14.7. The van der Waals surface area contributed by atoms with Crippen molar-refractivity contribution in [2.24, 2.45) is 5.92 Å². The smallest absolute Gasteiger partial charge is 0.339 e. The molecular weight excluding hydrogens is 337 g/mol. The lowest BCUT2D eigenvalue weighted by molar-refractivity contribution is 0.0654. The Bertz CT molecular complexity index is 806. The van der Waals surface area contributed by atoms with Gasteiger partial charge in [0.2, 0.25) is 0 Å². The minimum Gasteiger partial charge on any atom is -0.478 e.